The molecular formula is C49H74N2O9Si2. The van der Waals surface area contributed by atoms with Crippen LogP contribution in [0.25, 0.3) is 12.2 Å². The number of ether oxygens (including phenoxy) is 4. The molecule has 0 spiro atoms. The van der Waals surface area contributed by atoms with E-state index in [9.17, 15) is 4.79 Å². The lowest BCUT2D eigenvalue weighted by atomic mass is 9.79. The van der Waals surface area contributed by atoms with Crippen LogP contribution in [0.2, 0.25) is 36.3 Å². The van der Waals surface area contributed by atoms with Crippen molar-refractivity contribution in [2.75, 3.05) is 7.11 Å². The number of nitrogens with zero attached hydrogens (tertiary/aromatic N) is 2. The topological polar surface area (TPSA) is 125 Å². The quantitative estimate of drug-likeness (QED) is 0.0526. The Morgan fingerprint density at radius 2 is 1.69 bits per heavy atom. The Kier molecular flexibility index (Phi) is 17.1. The SMILES string of the molecule is C=C1C[C@H](C[C@@H]2C=C(O[Si](CC)(CC)CC)C[C@H](c3coc(/C=C/C[C@H]4O[C@@H](/C(C)=C/c5coc(C)n5)[C@H](C)[C@@H](O[Si](C)(C)C(C)(C)C)[C@H]4C)n3)O2)O[C@@H](CC#CC(=O)OC)C1. The van der Waals surface area contributed by atoms with Gasteiger partial charge in [0.1, 0.15) is 30.0 Å². The van der Waals surface area contributed by atoms with Gasteiger partial charge in [-0.25, -0.2) is 14.8 Å². The van der Waals surface area contributed by atoms with E-state index in [4.69, 9.17) is 36.9 Å². The Labute approximate surface area is 373 Å². The van der Waals surface area contributed by atoms with E-state index in [1.165, 1.54) is 7.11 Å². The first-order valence-corrected chi connectivity index (χ1v) is 28.2. The van der Waals surface area contributed by atoms with Crippen LogP contribution in [0.5, 0.6) is 0 Å². The van der Waals surface area contributed by atoms with Crippen LogP contribution >= 0.6 is 0 Å². The van der Waals surface area contributed by atoms with E-state index < -0.39 is 22.6 Å². The summed E-state index contributed by atoms with van der Waals surface area (Å²) in [6.07, 6.45) is 14.3. The molecule has 3 aliphatic heterocycles. The van der Waals surface area contributed by atoms with Crippen LogP contribution in [-0.2, 0) is 32.6 Å². The molecule has 2 fully saturated rings. The average Bonchev–Trinajstić information content (AvgIpc) is 3.87. The minimum atomic E-state index is -2.10. The van der Waals surface area contributed by atoms with Crippen LogP contribution in [0.3, 0.4) is 0 Å². The van der Waals surface area contributed by atoms with Crippen molar-refractivity contribution in [3.63, 3.8) is 0 Å². The van der Waals surface area contributed by atoms with E-state index in [0.29, 0.717) is 43.9 Å². The molecule has 3 aliphatic rings. The summed E-state index contributed by atoms with van der Waals surface area (Å²) >= 11 is 0. The normalized spacial score (nSPS) is 27.8. The third kappa shape index (κ3) is 12.8. The molecule has 2 saturated heterocycles. The largest absolute Gasteiger partial charge is 0.547 e. The highest BCUT2D eigenvalue weighted by molar-refractivity contribution is 6.74. The van der Waals surface area contributed by atoms with E-state index in [2.05, 4.69) is 122 Å². The van der Waals surface area contributed by atoms with Crippen LogP contribution < -0.4 is 0 Å². The molecule has 5 heterocycles. The Bertz CT molecular complexity index is 1970. The van der Waals surface area contributed by atoms with E-state index in [0.717, 1.165) is 52.8 Å². The number of methoxy groups -OCH3 is 1. The zero-order chi connectivity index (χ0) is 45.4. The highest BCUT2D eigenvalue weighted by atomic mass is 28.4. The highest BCUT2D eigenvalue weighted by Gasteiger charge is 2.47. The molecule has 2 aromatic rings. The number of hydrogen-bond acceptors (Lipinski definition) is 11. The molecule has 62 heavy (non-hydrogen) atoms. The monoisotopic (exact) mass is 890 g/mol. The summed E-state index contributed by atoms with van der Waals surface area (Å²) in [6, 6.07) is 3.11. The van der Waals surface area contributed by atoms with Gasteiger partial charge in [0, 0.05) is 43.9 Å². The summed E-state index contributed by atoms with van der Waals surface area (Å²) in [5.41, 5.74) is 3.72. The predicted octanol–water partition coefficient (Wildman–Crippen LogP) is 11.7. The lowest BCUT2D eigenvalue weighted by Crippen LogP contribution is -2.55. The van der Waals surface area contributed by atoms with Gasteiger partial charge in [0.25, 0.3) is 0 Å². The van der Waals surface area contributed by atoms with Gasteiger partial charge in [-0.2, -0.15) is 0 Å². The maximum Gasteiger partial charge on any atom is 0.384 e. The number of aryl methyl sites for hydroxylation is 1. The second-order valence-corrected chi connectivity index (χ2v) is 28.6. The van der Waals surface area contributed by atoms with Crippen molar-refractivity contribution in [3.8, 4) is 11.8 Å². The van der Waals surface area contributed by atoms with Gasteiger partial charge in [-0.3, -0.25) is 0 Å². The summed E-state index contributed by atoms with van der Waals surface area (Å²) < 4.78 is 50.7. The third-order valence-electron chi connectivity index (χ3n) is 13.6. The molecule has 5 rings (SSSR count). The maximum atomic E-state index is 11.6. The zero-order valence-corrected chi connectivity index (χ0v) is 41.8. The van der Waals surface area contributed by atoms with Crippen molar-refractivity contribution >= 4 is 34.8 Å². The number of aromatic nitrogens is 2. The molecule has 0 N–H and O–H groups in total. The van der Waals surface area contributed by atoms with Crippen molar-refractivity contribution < 1.29 is 41.4 Å². The number of carbonyl (C=O) groups is 1. The number of esters is 1. The molecule has 11 nitrogen and oxygen atoms in total. The molecule has 342 valence electrons. The molecule has 0 bridgehead atoms. The van der Waals surface area contributed by atoms with Crippen LogP contribution in [0.15, 0.2) is 57.0 Å². The Morgan fingerprint density at radius 3 is 2.34 bits per heavy atom. The smallest absolute Gasteiger partial charge is 0.384 e. The molecule has 0 amide bonds. The van der Waals surface area contributed by atoms with Crippen LogP contribution in [0, 0.1) is 30.6 Å². The van der Waals surface area contributed by atoms with E-state index >= 15 is 0 Å². The van der Waals surface area contributed by atoms with E-state index in [1.807, 2.05) is 13.0 Å². The predicted molar refractivity (Wildman–Crippen MR) is 249 cm³/mol. The van der Waals surface area contributed by atoms with Crippen molar-refractivity contribution in [1.82, 2.24) is 9.97 Å². The van der Waals surface area contributed by atoms with E-state index in [-0.39, 0.29) is 59.6 Å². The molecule has 9 atom stereocenters. The first kappa shape index (κ1) is 49.5. The molecule has 0 unspecified atom stereocenters. The van der Waals surface area contributed by atoms with Crippen molar-refractivity contribution in [1.29, 1.82) is 0 Å². The highest BCUT2D eigenvalue weighted by Crippen LogP contribution is 2.44. The molecular weight excluding hydrogens is 817 g/mol. The Balaban J connectivity index is 1.33. The summed E-state index contributed by atoms with van der Waals surface area (Å²) in [4.78, 5) is 21.0. The standard InChI is InChI=1S/C49H74N2O9Si2/c1-15-62(16-2,17-3)59-41-28-40(27-39-25-32(4)24-38(56-39)20-18-23-46(52)53-12)57-44(29-41)42-31-55-45(51-42)22-19-21-43-34(6)48(60-61(13,14)49(9,10)11)35(7)47(58-43)33(5)26-37-30-54-36(8)50-37/h19,22,26,28,30-31,34-35,38-40,43-44,47-48H,4,15-17,20-21,24-25,27,29H2,1-3,5-14H3/b22-19+,33-26+/t34-,35-,38-,39+,40+,43+,44+,47-,48-/m0/s1. The van der Waals surface area contributed by atoms with Crippen molar-refractivity contribution in [2.24, 2.45) is 11.8 Å². The van der Waals surface area contributed by atoms with Gasteiger partial charge in [0.2, 0.25) is 14.2 Å². The van der Waals surface area contributed by atoms with Gasteiger partial charge in [-0.1, -0.05) is 79.5 Å². The lowest BCUT2D eigenvalue weighted by molar-refractivity contribution is -0.143. The minimum Gasteiger partial charge on any atom is -0.547 e. The van der Waals surface area contributed by atoms with Crippen molar-refractivity contribution in [3.05, 3.63) is 71.3 Å². The third-order valence-corrected chi connectivity index (χ3v) is 22.6. The minimum absolute atomic E-state index is 0.0165. The van der Waals surface area contributed by atoms with Gasteiger partial charge in [-0.05, 0) is 86.3 Å². The first-order valence-electron chi connectivity index (χ1n) is 22.8. The fraction of sp³-hybridized carbons (Fsp3) is 0.653. The number of carbonyl (C=O) groups excluding carboxylic acids is 1. The lowest BCUT2D eigenvalue weighted by Gasteiger charge is -2.49. The fourth-order valence-corrected chi connectivity index (χ4v) is 12.8. The Hall–Kier alpha value is -3.52. The molecule has 0 aliphatic carbocycles. The zero-order valence-electron chi connectivity index (χ0n) is 39.8. The van der Waals surface area contributed by atoms with Gasteiger partial charge in [0.15, 0.2) is 14.2 Å². The summed E-state index contributed by atoms with van der Waals surface area (Å²) in [6.45, 7) is 31.0. The number of rotatable bonds is 16. The van der Waals surface area contributed by atoms with Crippen LogP contribution in [0.4, 0.5) is 0 Å². The van der Waals surface area contributed by atoms with E-state index in [1.54, 1.807) is 12.5 Å². The fourth-order valence-electron chi connectivity index (χ4n) is 8.69. The number of oxazole rings is 2. The van der Waals surface area contributed by atoms with Gasteiger partial charge >= 0.3 is 5.97 Å². The van der Waals surface area contributed by atoms with Gasteiger partial charge < -0.3 is 36.6 Å². The molecule has 0 saturated carbocycles. The number of hydrogen-bond donors (Lipinski definition) is 0. The maximum absolute atomic E-state index is 11.6. The Morgan fingerprint density at radius 1 is 0.984 bits per heavy atom. The molecule has 2 aromatic heterocycles. The second kappa shape index (κ2) is 21.4. The van der Waals surface area contributed by atoms with Crippen LogP contribution in [-0.4, -0.2) is 76.3 Å². The summed E-state index contributed by atoms with van der Waals surface area (Å²) in [5.74, 6) is 7.27. The summed E-state index contributed by atoms with van der Waals surface area (Å²) in [7, 11) is -2.74. The first-order chi connectivity index (χ1) is 29.3. The summed E-state index contributed by atoms with van der Waals surface area (Å²) in [5, 5.41) is 0.0738. The van der Waals surface area contributed by atoms with Gasteiger partial charge in [-0.15, -0.1) is 0 Å². The average molecular weight is 891 g/mol. The van der Waals surface area contributed by atoms with Crippen molar-refractivity contribution in [2.45, 2.75) is 187 Å². The van der Waals surface area contributed by atoms with Gasteiger partial charge in [0.05, 0.1) is 49.5 Å². The molecule has 13 heteroatoms. The second-order valence-electron chi connectivity index (χ2n) is 19.2. The molecule has 0 radical (unpaired) electrons. The van der Waals surface area contributed by atoms with Crippen LogP contribution in [0.1, 0.15) is 130 Å². The molecule has 0 aromatic carbocycles.